The van der Waals surface area contributed by atoms with Crippen molar-refractivity contribution in [2.75, 3.05) is 40.3 Å². The van der Waals surface area contributed by atoms with Gasteiger partial charge < -0.3 is 20.7 Å². The van der Waals surface area contributed by atoms with Gasteiger partial charge in [-0.2, -0.15) is 0 Å². The van der Waals surface area contributed by atoms with Crippen LogP contribution in [0, 0.1) is 5.92 Å². The Balaban J connectivity index is 2.10. The van der Waals surface area contributed by atoms with E-state index in [0.717, 1.165) is 18.9 Å². The molecule has 5 heteroatoms. The van der Waals surface area contributed by atoms with E-state index in [4.69, 9.17) is 10.9 Å². The molecule has 1 fully saturated rings. The van der Waals surface area contributed by atoms with Crippen molar-refractivity contribution < 1.29 is 5.21 Å². The first-order valence-corrected chi connectivity index (χ1v) is 6.45. The summed E-state index contributed by atoms with van der Waals surface area (Å²) in [6.45, 7) is 4.64. The highest BCUT2D eigenvalue weighted by Gasteiger charge is 2.17. The summed E-state index contributed by atoms with van der Waals surface area (Å²) in [6.07, 6.45) is 4.25. The zero-order valence-electron chi connectivity index (χ0n) is 11.1. The zero-order valence-corrected chi connectivity index (χ0v) is 11.1. The maximum absolute atomic E-state index is 8.43. The first-order chi connectivity index (χ1) is 8.11. The Hall–Kier alpha value is -0.810. The average molecular weight is 242 g/mol. The van der Waals surface area contributed by atoms with Crippen LogP contribution in [0.2, 0.25) is 0 Å². The summed E-state index contributed by atoms with van der Waals surface area (Å²) in [4.78, 5) is 4.76. The van der Waals surface area contributed by atoms with Crippen LogP contribution < -0.4 is 5.73 Å². The van der Waals surface area contributed by atoms with Gasteiger partial charge in [0.05, 0.1) is 0 Å². The van der Waals surface area contributed by atoms with Crippen LogP contribution in [0.15, 0.2) is 5.16 Å². The highest BCUT2D eigenvalue weighted by Crippen LogP contribution is 2.16. The van der Waals surface area contributed by atoms with Gasteiger partial charge >= 0.3 is 0 Å². The lowest BCUT2D eigenvalue weighted by Gasteiger charge is -2.31. The molecule has 0 spiro atoms. The van der Waals surface area contributed by atoms with Crippen LogP contribution in [-0.2, 0) is 0 Å². The molecule has 1 heterocycles. The van der Waals surface area contributed by atoms with Crippen molar-refractivity contribution in [3.05, 3.63) is 0 Å². The Morgan fingerprint density at radius 1 is 1.47 bits per heavy atom. The van der Waals surface area contributed by atoms with Crippen molar-refractivity contribution in [3.8, 4) is 0 Å². The standard InChI is InChI=1S/C12H26N4O/c1-15-8-5-11(6-9-15)10-16(2)7-3-4-12(13)14-17/h11,17H,3-10H2,1-2H3,(H2,13,14). The molecule has 0 radical (unpaired) electrons. The number of piperidine rings is 1. The van der Waals surface area contributed by atoms with E-state index in [1.807, 2.05) is 0 Å². The molecule has 5 nitrogen and oxygen atoms in total. The molecular weight excluding hydrogens is 216 g/mol. The van der Waals surface area contributed by atoms with E-state index in [1.165, 1.54) is 32.5 Å². The number of likely N-dealkylation sites (tertiary alicyclic amines) is 1. The first kappa shape index (κ1) is 14.3. The normalized spacial score (nSPS) is 20.1. The molecule has 0 amide bonds. The number of nitrogens with two attached hydrogens (primary N) is 1. The third kappa shape index (κ3) is 5.89. The van der Waals surface area contributed by atoms with Gasteiger partial charge in [0, 0.05) is 13.0 Å². The molecular formula is C12H26N4O. The SMILES string of the molecule is CN1CCC(CN(C)CCCC(N)=NO)CC1. The van der Waals surface area contributed by atoms with Crippen LogP contribution in [0.4, 0.5) is 0 Å². The average Bonchev–Trinajstić information content (AvgIpc) is 2.32. The number of hydrogen-bond acceptors (Lipinski definition) is 4. The summed E-state index contributed by atoms with van der Waals surface area (Å²) in [5.74, 6) is 1.16. The Bertz CT molecular complexity index is 237. The molecule has 0 aromatic rings. The summed E-state index contributed by atoms with van der Waals surface area (Å²) >= 11 is 0. The molecule has 0 atom stereocenters. The van der Waals surface area contributed by atoms with Crippen molar-refractivity contribution in [3.63, 3.8) is 0 Å². The Morgan fingerprint density at radius 2 is 2.12 bits per heavy atom. The van der Waals surface area contributed by atoms with E-state index in [9.17, 15) is 0 Å². The minimum atomic E-state index is 0.331. The fourth-order valence-corrected chi connectivity index (χ4v) is 2.36. The number of oxime groups is 1. The van der Waals surface area contributed by atoms with Crippen molar-refractivity contribution in [2.45, 2.75) is 25.7 Å². The van der Waals surface area contributed by atoms with Crippen LogP contribution >= 0.6 is 0 Å². The van der Waals surface area contributed by atoms with E-state index in [0.29, 0.717) is 12.3 Å². The predicted molar refractivity (Wildman–Crippen MR) is 70.4 cm³/mol. The fraction of sp³-hybridized carbons (Fsp3) is 0.917. The topological polar surface area (TPSA) is 65.1 Å². The molecule has 100 valence electrons. The molecule has 1 rings (SSSR count). The van der Waals surface area contributed by atoms with E-state index >= 15 is 0 Å². The molecule has 0 aromatic heterocycles. The van der Waals surface area contributed by atoms with Gasteiger partial charge in [-0.15, -0.1) is 0 Å². The second-order valence-corrected chi connectivity index (χ2v) is 5.20. The third-order valence-corrected chi connectivity index (χ3v) is 3.51. The minimum Gasteiger partial charge on any atom is -0.409 e. The molecule has 0 unspecified atom stereocenters. The van der Waals surface area contributed by atoms with Gasteiger partial charge in [0.2, 0.25) is 0 Å². The molecule has 0 bridgehead atoms. The van der Waals surface area contributed by atoms with Gasteiger partial charge in [0.25, 0.3) is 0 Å². The molecule has 0 aliphatic carbocycles. The summed E-state index contributed by atoms with van der Waals surface area (Å²) in [7, 11) is 4.35. The number of nitrogens with zero attached hydrogens (tertiary/aromatic N) is 3. The number of rotatable bonds is 6. The van der Waals surface area contributed by atoms with Crippen molar-refractivity contribution in [1.82, 2.24) is 9.80 Å². The molecule has 1 aliphatic heterocycles. The Morgan fingerprint density at radius 3 is 2.71 bits per heavy atom. The monoisotopic (exact) mass is 242 g/mol. The van der Waals surface area contributed by atoms with E-state index in [1.54, 1.807) is 0 Å². The predicted octanol–water partition coefficient (Wildman–Crippen LogP) is 0.787. The smallest absolute Gasteiger partial charge is 0.139 e. The molecule has 1 saturated heterocycles. The maximum atomic E-state index is 8.43. The highest BCUT2D eigenvalue weighted by molar-refractivity contribution is 5.79. The van der Waals surface area contributed by atoms with Crippen LogP contribution in [-0.4, -0.2) is 61.1 Å². The summed E-state index contributed by atoms with van der Waals surface area (Å²) in [5.41, 5.74) is 5.43. The van der Waals surface area contributed by atoms with Crippen molar-refractivity contribution in [2.24, 2.45) is 16.8 Å². The van der Waals surface area contributed by atoms with Crippen LogP contribution in [0.5, 0.6) is 0 Å². The first-order valence-electron chi connectivity index (χ1n) is 6.45. The van der Waals surface area contributed by atoms with Gasteiger partial charge in [-0.3, -0.25) is 0 Å². The zero-order chi connectivity index (χ0) is 12.7. The quantitative estimate of drug-likeness (QED) is 0.313. The lowest BCUT2D eigenvalue weighted by molar-refractivity contribution is 0.176. The second-order valence-electron chi connectivity index (χ2n) is 5.20. The second kappa shape index (κ2) is 7.50. The fourth-order valence-electron chi connectivity index (χ4n) is 2.36. The lowest BCUT2D eigenvalue weighted by Crippen LogP contribution is -2.36. The molecule has 0 saturated carbocycles. The van der Waals surface area contributed by atoms with Gasteiger partial charge in [-0.25, -0.2) is 0 Å². The largest absolute Gasteiger partial charge is 0.409 e. The van der Waals surface area contributed by atoms with E-state index < -0.39 is 0 Å². The van der Waals surface area contributed by atoms with Crippen molar-refractivity contribution in [1.29, 1.82) is 0 Å². The summed E-state index contributed by atoms with van der Waals surface area (Å²) in [5, 5.41) is 11.4. The Labute approximate surface area is 104 Å². The van der Waals surface area contributed by atoms with E-state index in [2.05, 4.69) is 29.1 Å². The van der Waals surface area contributed by atoms with Gasteiger partial charge in [-0.05, 0) is 58.9 Å². The molecule has 17 heavy (non-hydrogen) atoms. The minimum absolute atomic E-state index is 0.331. The molecule has 1 aliphatic rings. The number of hydrogen-bond donors (Lipinski definition) is 2. The van der Waals surface area contributed by atoms with Crippen molar-refractivity contribution >= 4 is 5.84 Å². The van der Waals surface area contributed by atoms with Crippen LogP contribution in [0.25, 0.3) is 0 Å². The van der Waals surface area contributed by atoms with Crippen LogP contribution in [0.3, 0.4) is 0 Å². The Kier molecular flexibility index (Phi) is 6.29. The van der Waals surface area contributed by atoms with Gasteiger partial charge in [-0.1, -0.05) is 5.16 Å². The number of amidine groups is 1. The summed E-state index contributed by atoms with van der Waals surface area (Å²) < 4.78 is 0. The van der Waals surface area contributed by atoms with E-state index in [-0.39, 0.29) is 0 Å². The van der Waals surface area contributed by atoms with Gasteiger partial charge in [0.1, 0.15) is 5.84 Å². The third-order valence-electron chi connectivity index (χ3n) is 3.51. The molecule has 3 N–H and O–H groups in total. The molecule has 0 aromatic carbocycles. The summed E-state index contributed by atoms with van der Waals surface area (Å²) in [6, 6.07) is 0. The highest BCUT2D eigenvalue weighted by atomic mass is 16.4. The maximum Gasteiger partial charge on any atom is 0.139 e. The van der Waals surface area contributed by atoms with Gasteiger partial charge in [0.15, 0.2) is 0 Å². The van der Waals surface area contributed by atoms with Crippen LogP contribution in [0.1, 0.15) is 25.7 Å². The lowest BCUT2D eigenvalue weighted by atomic mass is 9.96.